The fraction of sp³-hybridized carbons (Fsp3) is 0.471. The highest BCUT2D eigenvalue weighted by molar-refractivity contribution is 5.76. The molecule has 2 rings (SSSR count). The number of ether oxygens (including phenoxy) is 1. The molecule has 1 atom stereocenters. The maximum absolute atomic E-state index is 14.4. The van der Waals surface area contributed by atoms with Gasteiger partial charge in [0.05, 0.1) is 19.6 Å². The van der Waals surface area contributed by atoms with E-state index in [1.54, 1.807) is 7.05 Å². The molecule has 1 aliphatic rings. The van der Waals surface area contributed by atoms with Crippen molar-refractivity contribution in [2.24, 2.45) is 5.73 Å². The lowest BCUT2D eigenvalue weighted by molar-refractivity contribution is -0.117. The van der Waals surface area contributed by atoms with E-state index in [-0.39, 0.29) is 18.2 Å². The molecular formula is C17H25FN4O2. The molecule has 1 heterocycles. The number of benzene rings is 1. The molecule has 0 aromatic heterocycles. The normalized spacial score (nSPS) is 17.5. The zero-order valence-electron chi connectivity index (χ0n) is 13.9. The van der Waals surface area contributed by atoms with Gasteiger partial charge < -0.3 is 15.8 Å². The van der Waals surface area contributed by atoms with Gasteiger partial charge in [-0.2, -0.15) is 0 Å². The Morgan fingerprint density at radius 1 is 1.33 bits per heavy atom. The summed E-state index contributed by atoms with van der Waals surface area (Å²) in [5, 5.41) is 5.98. The Kier molecular flexibility index (Phi) is 7.17. The fourth-order valence-electron chi connectivity index (χ4n) is 2.65. The van der Waals surface area contributed by atoms with Crippen LogP contribution in [0.5, 0.6) is 0 Å². The van der Waals surface area contributed by atoms with E-state index in [2.05, 4.69) is 10.6 Å². The smallest absolute Gasteiger partial charge is 0.221 e. The van der Waals surface area contributed by atoms with Gasteiger partial charge in [0, 0.05) is 25.8 Å². The second-order valence-corrected chi connectivity index (χ2v) is 5.71. The zero-order chi connectivity index (χ0) is 17.4. The Morgan fingerprint density at radius 3 is 2.54 bits per heavy atom. The van der Waals surface area contributed by atoms with Crippen LogP contribution < -0.4 is 16.4 Å². The van der Waals surface area contributed by atoms with Crippen LogP contribution in [0.15, 0.2) is 36.3 Å². The van der Waals surface area contributed by atoms with E-state index in [0.29, 0.717) is 32.8 Å². The standard InChI is InChI=1S/C17H25FN4O2/c1-20-17(22-6-8-24-9-7-22)15(18)12-21-11-14-4-2-13(3-5-14)10-16(19)23/h2-5,12,17,20-21H,6-11H2,1H3,(H2,19,23)/b15-12-. The molecule has 1 aliphatic heterocycles. The van der Waals surface area contributed by atoms with Crippen molar-refractivity contribution < 1.29 is 13.9 Å². The molecule has 0 saturated carbocycles. The van der Waals surface area contributed by atoms with Crippen LogP contribution in [0.2, 0.25) is 0 Å². The topological polar surface area (TPSA) is 79.6 Å². The number of carbonyl (C=O) groups is 1. The molecule has 1 unspecified atom stereocenters. The van der Waals surface area contributed by atoms with Gasteiger partial charge in [0.25, 0.3) is 0 Å². The molecule has 6 nitrogen and oxygen atoms in total. The summed E-state index contributed by atoms with van der Waals surface area (Å²) in [4.78, 5) is 12.9. The minimum absolute atomic E-state index is 0.228. The molecule has 1 aromatic rings. The van der Waals surface area contributed by atoms with Gasteiger partial charge >= 0.3 is 0 Å². The summed E-state index contributed by atoms with van der Waals surface area (Å²) in [5.74, 6) is -0.614. The average Bonchev–Trinajstić information content (AvgIpc) is 2.58. The van der Waals surface area contributed by atoms with Crippen molar-refractivity contribution in [3.05, 3.63) is 47.4 Å². The minimum atomic E-state index is -0.445. The highest BCUT2D eigenvalue weighted by Gasteiger charge is 2.23. The number of nitrogens with zero attached hydrogens (tertiary/aromatic N) is 1. The first-order valence-corrected chi connectivity index (χ1v) is 8.04. The highest BCUT2D eigenvalue weighted by Crippen LogP contribution is 2.11. The van der Waals surface area contributed by atoms with Crippen LogP contribution in [0, 0.1) is 0 Å². The summed E-state index contributed by atoms with van der Waals surface area (Å²) in [6.07, 6.45) is 1.18. The molecule has 132 valence electrons. The van der Waals surface area contributed by atoms with Crippen LogP contribution in [-0.4, -0.2) is 50.3 Å². The number of morpholine rings is 1. The van der Waals surface area contributed by atoms with Crippen LogP contribution in [0.4, 0.5) is 4.39 Å². The Labute approximate surface area is 141 Å². The van der Waals surface area contributed by atoms with Crippen molar-refractivity contribution >= 4 is 5.91 Å². The molecule has 0 aliphatic carbocycles. The molecule has 7 heteroatoms. The molecule has 1 fully saturated rings. The molecule has 4 N–H and O–H groups in total. The lowest BCUT2D eigenvalue weighted by atomic mass is 10.1. The van der Waals surface area contributed by atoms with E-state index in [9.17, 15) is 9.18 Å². The lowest BCUT2D eigenvalue weighted by Gasteiger charge is -2.33. The maximum atomic E-state index is 14.4. The van der Waals surface area contributed by atoms with E-state index in [1.807, 2.05) is 29.2 Å². The first-order valence-electron chi connectivity index (χ1n) is 8.04. The number of halogens is 1. The minimum Gasteiger partial charge on any atom is -0.385 e. The Hall–Kier alpha value is -1.96. The fourth-order valence-corrected chi connectivity index (χ4v) is 2.65. The first kappa shape index (κ1) is 18.4. The third-order valence-corrected chi connectivity index (χ3v) is 3.89. The number of nitrogens with one attached hydrogen (secondary N) is 2. The second kappa shape index (κ2) is 9.36. The third-order valence-electron chi connectivity index (χ3n) is 3.89. The number of nitrogens with two attached hydrogens (primary N) is 1. The Bertz CT molecular complexity index is 556. The average molecular weight is 336 g/mol. The zero-order valence-corrected chi connectivity index (χ0v) is 13.9. The molecule has 0 bridgehead atoms. The van der Waals surface area contributed by atoms with Crippen molar-refractivity contribution in [2.75, 3.05) is 33.4 Å². The Balaban J connectivity index is 1.86. The van der Waals surface area contributed by atoms with Gasteiger partial charge in [-0.05, 0) is 18.2 Å². The number of likely N-dealkylation sites (N-methyl/N-ethyl adjacent to an activating group) is 1. The van der Waals surface area contributed by atoms with Gasteiger partial charge in [0.2, 0.25) is 5.91 Å². The summed E-state index contributed by atoms with van der Waals surface area (Å²) in [6.45, 7) is 3.15. The third kappa shape index (κ3) is 5.59. The summed E-state index contributed by atoms with van der Waals surface area (Å²) >= 11 is 0. The number of primary amides is 1. The largest absolute Gasteiger partial charge is 0.385 e. The van der Waals surface area contributed by atoms with Crippen LogP contribution in [0.1, 0.15) is 11.1 Å². The van der Waals surface area contributed by atoms with Gasteiger partial charge in [-0.25, -0.2) is 4.39 Å². The van der Waals surface area contributed by atoms with Gasteiger partial charge in [-0.1, -0.05) is 24.3 Å². The summed E-state index contributed by atoms with van der Waals surface area (Å²) in [6, 6.07) is 7.50. The predicted octanol–water partition coefficient (Wildman–Crippen LogP) is 0.493. The SMILES string of the molecule is CNC(/C(F)=C/NCc1ccc(CC(N)=O)cc1)N1CCOCC1. The quantitative estimate of drug-likeness (QED) is 0.644. The van der Waals surface area contributed by atoms with E-state index < -0.39 is 6.17 Å². The summed E-state index contributed by atoms with van der Waals surface area (Å²) < 4.78 is 19.7. The van der Waals surface area contributed by atoms with E-state index in [4.69, 9.17) is 10.5 Å². The predicted molar refractivity (Wildman–Crippen MR) is 90.6 cm³/mol. The summed E-state index contributed by atoms with van der Waals surface area (Å²) in [7, 11) is 1.74. The Morgan fingerprint density at radius 2 is 1.96 bits per heavy atom. The van der Waals surface area contributed by atoms with Crippen molar-refractivity contribution in [1.82, 2.24) is 15.5 Å². The van der Waals surface area contributed by atoms with Gasteiger partial charge in [-0.3, -0.25) is 15.0 Å². The van der Waals surface area contributed by atoms with Crippen LogP contribution >= 0.6 is 0 Å². The number of hydrogen-bond acceptors (Lipinski definition) is 5. The van der Waals surface area contributed by atoms with Crippen LogP contribution in [0.25, 0.3) is 0 Å². The van der Waals surface area contributed by atoms with Crippen molar-refractivity contribution in [3.8, 4) is 0 Å². The molecular weight excluding hydrogens is 311 g/mol. The molecule has 1 saturated heterocycles. The molecule has 1 amide bonds. The number of rotatable bonds is 8. The number of carbonyl (C=O) groups excluding carboxylic acids is 1. The monoisotopic (exact) mass is 336 g/mol. The van der Waals surface area contributed by atoms with Gasteiger partial charge in [0.1, 0.15) is 12.0 Å². The van der Waals surface area contributed by atoms with E-state index in [1.165, 1.54) is 6.20 Å². The number of hydrogen-bond donors (Lipinski definition) is 3. The first-order chi connectivity index (χ1) is 11.6. The van der Waals surface area contributed by atoms with Crippen LogP contribution in [0.3, 0.4) is 0 Å². The highest BCUT2D eigenvalue weighted by atomic mass is 19.1. The molecule has 0 spiro atoms. The van der Waals surface area contributed by atoms with Gasteiger partial charge in [0.15, 0.2) is 0 Å². The molecule has 24 heavy (non-hydrogen) atoms. The van der Waals surface area contributed by atoms with Crippen LogP contribution in [-0.2, 0) is 22.5 Å². The van der Waals surface area contributed by atoms with Gasteiger partial charge in [-0.15, -0.1) is 0 Å². The second-order valence-electron chi connectivity index (χ2n) is 5.71. The maximum Gasteiger partial charge on any atom is 0.221 e. The van der Waals surface area contributed by atoms with E-state index in [0.717, 1.165) is 11.1 Å². The molecule has 1 aromatic carbocycles. The summed E-state index contributed by atoms with van der Waals surface area (Å²) in [5.41, 5.74) is 7.03. The number of amides is 1. The van der Waals surface area contributed by atoms with E-state index >= 15 is 0 Å². The van der Waals surface area contributed by atoms with Crippen molar-refractivity contribution in [1.29, 1.82) is 0 Å². The van der Waals surface area contributed by atoms with Crippen molar-refractivity contribution in [2.45, 2.75) is 19.1 Å². The van der Waals surface area contributed by atoms with Crippen molar-refractivity contribution in [3.63, 3.8) is 0 Å². The lowest BCUT2D eigenvalue weighted by Crippen LogP contribution is -2.50. The molecule has 0 radical (unpaired) electrons.